The minimum Gasteiger partial charge on any atom is -0.507 e. The highest BCUT2D eigenvalue weighted by Gasteiger charge is 2.22. The van der Waals surface area contributed by atoms with Crippen LogP contribution in [-0.4, -0.2) is 51.1 Å². The fourth-order valence-electron chi connectivity index (χ4n) is 5.68. The highest BCUT2D eigenvalue weighted by molar-refractivity contribution is 9.10. The molecule has 2 aliphatic rings. The van der Waals surface area contributed by atoms with Crippen molar-refractivity contribution in [3.8, 4) is 5.75 Å². The number of rotatable bonds is 6. The summed E-state index contributed by atoms with van der Waals surface area (Å²) in [5.74, 6) is 1.86. The van der Waals surface area contributed by atoms with Crippen LogP contribution in [0.25, 0.3) is 11.0 Å². The number of fused-ring (bicyclic) bond motifs is 1. The topological polar surface area (TPSA) is 64.5 Å². The zero-order valence-corrected chi connectivity index (χ0v) is 22.4. The molecule has 0 bridgehead atoms. The minimum absolute atomic E-state index is 0.452. The Bertz CT molecular complexity index is 1140. The maximum absolute atomic E-state index is 11.4. The second-order valence-electron chi connectivity index (χ2n) is 10.6. The maximum Gasteiger partial charge on any atom is 0.124 e. The van der Waals surface area contributed by atoms with E-state index in [1.165, 1.54) is 25.7 Å². The number of aromatic hydroxyl groups is 1. The molecule has 2 aliphatic heterocycles. The number of aromatic nitrogens is 2. The summed E-state index contributed by atoms with van der Waals surface area (Å²) in [6, 6.07) is 8.18. The standard InChI is InChI=1S/C28H36BrN5O/c1-19-5-3-9-33(15-19)17-21-11-24(12-22(28(21)35)18-34-10-4-6-20(2)16-34)32-25-7-8-30-26-13-23(29)14-31-27(25)26/h7-8,11-14,19-20,35H,3-6,9-10,15-18H2,1-2H3,(H,30,32). The molecule has 0 radical (unpaired) electrons. The Morgan fingerprint density at radius 1 is 0.971 bits per heavy atom. The van der Waals surface area contributed by atoms with Gasteiger partial charge in [0.25, 0.3) is 0 Å². The molecule has 2 fully saturated rings. The molecule has 2 saturated heterocycles. The normalized spacial score (nSPS) is 21.9. The van der Waals surface area contributed by atoms with Crippen LogP contribution in [0.2, 0.25) is 0 Å². The van der Waals surface area contributed by atoms with E-state index >= 15 is 0 Å². The van der Waals surface area contributed by atoms with Gasteiger partial charge in [0.05, 0.1) is 11.2 Å². The van der Waals surface area contributed by atoms with Crippen molar-refractivity contribution in [3.05, 3.63) is 52.3 Å². The van der Waals surface area contributed by atoms with Crippen LogP contribution in [0.1, 0.15) is 50.7 Å². The van der Waals surface area contributed by atoms with Gasteiger partial charge in [0.2, 0.25) is 0 Å². The van der Waals surface area contributed by atoms with E-state index in [1.807, 2.05) is 18.3 Å². The third-order valence-electron chi connectivity index (χ3n) is 7.36. The van der Waals surface area contributed by atoms with Gasteiger partial charge in [-0.2, -0.15) is 0 Å². The molecular formula is C28H36BrN5O. The van der Waals surface area contributed by atoms with Gasteiger partial charge in [-0.05, 0) is 90.8 Å². The van der Waals surface area contributed by atoms with E-state index in [0.29, 0.717) is 17.6 Å². The van der Waals surface area contributed by atoms with Crippen molar-refractivity contribution >= 4 is 38.3 Å². The Kier molecular flexibility index (Phi) is 7.56. The molecule has 0 saturated carbocycles. The fraction of sp³-hybridized carbons (Fsp3) is 0.500. The predicted molar refractivity (Wildman–Crippen MR) is 146 cm³/mol. The molecular weight excluding hydrogens is 502 g/mol. The van der Waals surface area contributed by atoms with E-state index in [9.17, 15) is 5.11 Å². The molecule has 35 heavy (non-hydrogen) atoms. The quantitative estimate of drug-likeness (QED) is 0.359. The summed E-state index contributed by atoms with van der Waals surface area (Å²) in [5, 5.41) is 15.0. The molecule has 6 nitrogen and oxygen atoms in total. The maximum atomic E-state index is 11.4. The summed E-state index contributed by atoms with van der Waals surface area (Å²) < 4.78 is 0.912. The monoisotopic (exact) mass is 537 g/mol. The SMILES string of the molecule is CC1CCCN(Cc2cc(Nc3ccnc4cc(Br)cnc34)cc(CN3CCCC(C)C3)c2O)C1. The Balaban J connectivity index is 1.47. The second-order valence-corrected chi connectivity index (χ2v) is 11.5. The van der Waals surface area contributed by atoms with E-state index in [1.54, 1.807) is 6.20 Å². The van der Waals surface area contributed by atoms with Crippen LogP contribution in [0.5, 0.6) is 5.75 Å². The third kappa shape index (κ3) is 5.96. The Morgan fingerprint density at radius 3 is 2.20 bits per heavy atom. The summed E-state index contributed by atoms with van der Waals surface area (Å²) >= 11 is 3.49. The Morgan fingerprint density at radius 2 is 1.60 bits per heavy atom. The number of phenols is 1. The average Bonchev–Trinajstić information content (AvgIpc) is 2.82. The van der Waals surface area contributed by atoms with Crippen molar-refractivity contribution in [2.45, 2.75) is 52.6 Å². The highest BCUT2D eigenvalue weighted by atomic mass is 79.9. The summed E-state index contributed by atoms with van der Waals surface area (Å²) in [4.78, 5) is 14.1. The average molecular weight is 539 g/mol. The lowest BCUT2D eigenvalue weighted by molar-refractivity contribution is 0.171. The molecule has 0 aliphatic carbocycles. The molecule has 2 aromatic heterocycles. The number of hydrogen-bond donors (Lipinski definition) is 2. The first kappa shape index (κ1) is 24.5. The summed E-state index contributed by atoms with van der Waals surface area (Å²) in [7, 11) is 0. The molecule has 2 atom stereocenters. The molecule has 186 valence electrons. The number of halogens is 1. The third-order valence-corrected chi connectivity index (χ3v) is 7.79. The van der Waals surface area contributed by atoms with Gasteiger partial charge in [-0.25, -0.2) is 0 Å². The van der Waals surface area contributed by atoms with Gasteiger partial charge in [0, 0.05) is 59.9 Å². The number of nitrogens with one attached hydrogen (secondary N) is 1. The van der Waals surface area contributed by atoms with E-state index in [0.717, 1.165) is 77.3 Å². The summed E-state index contributed by atoms with van der Waals surface area (Å²) in [6.45, 7) is 10.6. The molecule has 2 unspecified atom stereocenters. The van der Waals surface area contributed by atoms with Gasteiger partial charge in [-0.3, -0.25) is 19.8 Å². The molecule has 3 aromatic rings. The molecule has 1 aromatic carbocycles. The molecule has 0 amide bonds. The van der Waals surface area contributed by atoms with Crippen LogP contribution < -0.4 is 5.32 Å². The first-order chi connectivity index (χ1) is 16.9. The van der Waals surface area contributed by atoms with Crippen molar-refractivity contribution in [2.24, 2.45) is 11.8 Å². The largest absolute Gasteiger partial charge is 0.507 e. The predicted octanol–water partition coefficient (Wildman–Crippen LogP) is 6.31. The van der Waals surface area contributed by atoms with Gasteiger partial charge in [0.1, 0.15) is 11.3 Å². The van der Waals surface area contributed by atoms with Crippen LogP contribution in [0.3, 0.4) is 0 Å². The minimum atomic E-state index is 0.452. The lowest BCUT2D eigenvalue weighted by Gasteiger charge is -2.32. The second kappa shape index (κ2) is 10.8. The number of benzene rings is 1. The van der Waals surface area contributed by atoms with Crippen molar-refractivity contribution in [3.63, 3.8) is 0 Å². The van der Waals surface area contributed by atoms with Gasteiger partial charge in [-0.15, -0.1) is 0 Å². The van der Waals surface area contributed by atoms with Crippen LogP contribution in [0, 0.1) is 11.8 Å². The zero-order valence-electron chi connectivity index (χ0n) is 20.8. The van der Waals surface area contributed by atoms with Gasteiger partial charge in [-0.1, -0.05) is 13.8 Å². The van der Waals surface area contributed by atoms with Crippen LogP contribution in [0.15, 0.2) is 41.1 Å². The van der Waals surface area contributed by atoms with Crippen molar-refractivity contribution in [1.82, 2.24) is 19.8 Å². The number of hydrogen-bond acceptors (Lipinski definition) is 6. The molecule has 4 heterocycles. The van der Waals surface area contributed by atoms with Gasteiger partial charge < -0.3 is 10.4 Å². The van der Waals surface area contributed by atoms with Crippen molar-refractivity contribution < 1.29 is 5.11 Å². The highest BCUT2D eigenvalue weighted by Crippen LogP contribution is 2.34. The van der Waals surface area contributed by atoms with Crippen molar-refractivity contribution in [2.75, 3.05) is 31.5 Å². The molecule has 7 heteroatoms. The lowest BCUT2D eigenvalue weighted by Crippen LogP contribution is -2.34. The Hall–Kier alpha value is -2.22. The number of anilines is 2. The number of nitrogens with zero attached hydrogens (tertiary/aromatic N) is 4. The van der Waals surface area contributed by atoms with Gasteiger partial charge in [0.15, 0.2) is 0 Å². The van der Waals surface area contributed by atoms with Gasteiger partial charge >= 0.3 is 0 Å². The fourth-order valence-corrected chi connectivity index (χ4v) is 6.00. The molecule has 5 rings (SSSR count). The molecule has 0 spiro atoms. The van der Waals surface area contributed by atoms with Crippen molar-refractivity contribution in [1.29, 1.82) is 0 Å². The smallest absolute Gasteiger partial charge is 0.124 e. The van der Waals surface area contributed by atoms with E-state index < -0.39 is 0 Å². The van der Waals surface area contributed by atoms with Crippen LogP contribution in [0.4, 0.5) is 11.4 Å². The Labute approximate surface area is 216 Å². The van der Waals surface area contributed by atoms with Crippen LogP contribution in [-0.2, 0) is 13.1 Å². The van der Waals surface area contributed by atoms with E-state index in [-0.39, 0.29) is 0 Å². The van der Waals surface area contributed by atoms with E-state index in [4.69, 9.17) is 0 Å². The number of pyridine rings is 2. The lowest BCUT2D eigenvalue weighted by atomic mass is 9.98. The van der Waals surface area contributed by atoms with E-state index in [2.05, 4.69) is 67.0 Å². The number of phenolic OH excluding ortho intramolecular Hbond substituents is 1. The summed E-state index contributed by atoms with van der Waals surface area (Å²) in [6.07, 6.45) is 8.65. The van der Waals surface area contributed by atoms with Crippen LogP contribution >= 0.6 is 15.9 Å². The first-order valence-corrected chi connectivity index (χ1v) is 13.7. The molecule has 2 N–H and O–H groups in total. The number of piperidine rings is 2. The zero-order chi connectivity index (χ0) is 24.4. The summed E-state index contributed by atoms with van der Waals surface area (Å²) in [5.41, 5.74) is 5.58. The first-order valence-electron chi connectivity index (χ1n) is 12.9. The number of likely N-dealkylation sites (tertiary alicyclic amines) is 2.